The average Bonchev–Trinajstić information content (AvgIpc) is 2.78. The Balaban J connectivity index is 2.37. The molecular formula is C14H17N3. The fourth-order valence-corrected chi connectivity index (χ4v) is 2.07. The summed E-state index contributed by atoms with van der Waals surface area (Å²) in [6.07, 6.45) is 2.05. The van der Waals surface area contributed by atoms with Gasteiger partial charge in [0.2, 0.25) is 0 Å². The maximum Gasteiger partial charge on any atom is 0.0991 e. The van der Waals surface area contributed by atoms with Gasteiger partial charge in [-0.05, 0) is 36.9 Å². The maximum atomic E-state index is 8.93. The Bertz CT molecular complexity index is 544. The monoisotopic (exact) mass is 227 g/mol. The second kappa shape index (κ2) is 5.03. The van der Waals surface area contributed by atoms with Crippen LogP contribution in [0, 0.1) is 11.3 Å². The summed E-state index contributed by atoms with van der Waals surface area (Å²) in [7, 11) is 0. The Kier molecular flexibility index (Phi) is 3.46. The van der Waals surface area contributed by atoms with Crippen molar-refractivity contribution in [1.29, 1.82) is 5.26 Å². The van der Waals surface area contributed by atoms with E-state index in [2.05, 4.69) is 29.8 Å². The van der Waals surface area contributed by atoms with E-state index in [9.17, 15) is 0 Å². The van der Waals surface area contributed by atoms with Crippen molar-refractivity contribution in [3.05, 3.63) is 35.5 Å². The van der Waals surface area contributed by atoms with Gasteiger partial charge in [0.15, 0.2) is 0 Å². The van der Waals surface area contributed by atoms with E-state index >= 15 is 0 Å². The molecule has 88 valence electrons. The summed E-state index contributed by atoms with van der Waals surface area (Å²) in [6, 6.07) is 7.97. The van der Waals surface area contributed by atoms with Crippen molar-refractivity contribution < 1.29 is 0 Å². The van der Waals surface area contributed by atoms with Crippen molar-refractivity contribution in [3.63, 3.8) is 0 Å². The third-order valence-electron chi connectivity index (χ3n) is 3.18. The van der Waals surface area contributed by atoms with Crippen LogP contribution >= 0.6 is 0 Å². The maximum absolute atomic E-state index is 8.93. The second-order valence-corrected chi connectivity index (χ2v) is 4.15. The van der Waals surface area contributed by atoms with Crippen molar-refractivity contribution in [2.45, 2.75) is 20.4 Å². The fraction of sp³-hybridized carbons (Fsp3) is 0.357. The molecule has 0 atom stereocenters. The number of H-pyrrole nitrogens is 1. The van der Waals surface area contributed by atoms with E-state index in [-0.39, 0.29) is 0 Å². The summed E-state index contributed by atoms with van der Waals surface area (Å²) in [4.78, 5) is 5.62. The zero-order valence-electron chi connectivity index (χ0n) is 10.3. The van der Waals surface area contributed by atoms with Crippen molar-refractivity contribution in [2.24, 2.45) is 0 Å². The van der Waals surface area contributed by atoms with Crippen molar-refractivity contribution in [1.82, 2.24) is 9.88 Å². The van der Waals surface area contributed by atoms with Crippen LogP contribution in [-0.4, -0.2) is 23.0 Å². The van der Waals surface area contributed by atoms with E-state index < -0.39 is 0 Å². The molecule has 0 aliphatic heterocycles. The molecule has 3 nitrogen and oxygen atoms in total. The van der Waals surface area contributed by atoms with Crippen LogP contribution in [0.4, 0.5) is 0 Å². The minimum atomic E-state index is 0.720. The van der Waals surface area contributed by atoms with E-state index in [1.807, 2.05) is 24.4 Å². The molecule has 1 aromatic heterocycles. The zero-order valence-corrected chi connectivity index (χ0v) is 10.3. The van der Waals surface area contributed by atoms with E-state index in [4.69, 9.17) is 5.26 Å². The zero-order chi connectivity index (χ0) is 12.3. The van der Waals surface area contributed by atoms with Gasteiger partial charge in [0.05, 0.1) is 11.6 Å². The molecule has 3 heteroatoms. The van der Waals surface area contributed by atoms with Crippen molar-refractivity contribution in [3.8, 4) is 6.07 Å². The fourth-order valence-electron chi connectivity index (χ4n) is 2.07. The second-order valence-electron chi connectivity index (χ2n) is 4.15. The van der Waals surface area contributed by atoms with Gasteiger partial charge >= 0.3 is 0 Å². The van der Waals surface area contributed by atoms with Gasteiger partial charge < -0.3 is 4.98 Å². The third-order valence-corrected chi connectivity index (χ3v) is 3.18. The summed E-state index contributed by atoms with van der Waals surface area (Å²) in [5.41, 5.74) is 3.09. The molecule has 0 fully saturated rings. The molecule has 0 amide bonds. The van der Waals surface area contributed by atoms with Crippen molar-refractivity contribution in [2.75, 3.05) is 13.1 Å². The minimum absolute atomic E-state index is 0.720. The highest BCUT2D eigenvalue weighted by Crippen LogP contribution is 2.21. The number of hydrogen-bond acceptors (Lipinski definition) is 2. The molecule has 1 heterocycles. The van der Waals surface area contributed by atoms with Crippen LogP contribution in [0.25, 0.3) is 10.9 Å². The summed E-state index contributed by atoms with van der Waals surface area (Å²) in [5, 5.41) is 10.1. The molecule has 0 aliphatic carbocycles. The number of aromatic nitrogens is 1. The molecular weight excluding hydrogens is 210 g/mol. The molecule has 0 saturated carbocycles. The lowest BCUT2D eigenvalue weighted by atomic mass is 10.1. The van der Waals surface area contributed by atoms with Gasteiger partial charge in [0, 0.05) is 23.6 Å². The summed E-state index contributed by atoms with van der Waals surface area (Å²) in [5.74, 6) is 0. The molecule has 2 aromatic rings. The van der Waals surface area contributed by atoms with Gasteiger partial charge in [0.25, 0.3) is 0 Å². The standard InChI is InChI=1S/C14H17N3/c1-3-17(4-2)10-12-9-16-14-6-5-11(8-15)7-13(12)14/h5-7,9,16H,3-4,10H2,1-2H3. The third kappa shape index (κ3) is 2.32. The number of rotatable bonds is 4. The predicted octanol–water partition coefficient (Wildman–Crippen LogP) is 2.88. The first-order chi connectivity index (χ1) is 8.28. The molecule has 0 unspecified atom stereocenters. The topological polar surface area (TPSA) is 42.8 Å². The van der Waals surface area contributed by atoms with Gasteiger partial charge in [0.1, 0.15) is 0 Å². The first-order valence-electron chi connectivity index (χ1n) is 6.01. The van der Waals surface area contributed by atoms with Crippen LogP contribution in [0.2, 0.25) is 0 Å². The summed E-state index contributed by atoms with van der Waals surface area (Å²) >= 11 is 0. The Hall–Kier alpha value is -1.79. The van der Waals surface area contributed by atoms with Crippen LogP contribution < -0.4 is 0 Å². The molecule has 1 aromatic carbocycles. The van der Waals surface area contributed by atoms with E-state index in [1.54, 1.807) is 0 Å². The lowest BCUT2D eigenvalue weighted by molar-refractivity contribution is 0.297. The molecule has 17 heavy (non-hydrogen) atoms. The molecule has 2 rings (SSSR count). The highest BCUT2D eigenvalue weighted by Gasteiger charge is 2.07. The van der Waals surface area contributed by atoms with Gasteiger partial charge in [-0.15, -0.1) is 0 Å². The lowest BCUT2D eigenvalue weighted by Gasteiger charge is -2.17. The first kappa shape index (κ1) is 11.7. The Morgan fingerprint density at radius 3 is 2.71 bits per heavy atom. The summed E-state index contributed by atoms with van der Waals surface area (Å²) < 4.78 is 0. The number of nitrogens with zero attached hydrogens (tertiary/aromatic N) is 2. The highest BCUT2D eigenvalue weighted by atomic mass is 15.1. The number of aromatic amines is 1. The Labute approximate surface area is 102 Å². The Morgan fingerprint density at radius 1 is 1.29 bits per heavy atom. The van der Waals surface area contributed by atoms with E-state index in [0.717, 1.165) is 36.1 Å². The molecule has 0 bridgehead atoms. The van der Waals surface area contributed by atoms with Gasteiger partial charge in [-0.3, -0.25) is 4.90 Å². The molecule has 0 spiro atoms. The van der Waals surface area contributed by atoms with Crippen LogP contribution in [0.15, 0.2) is 24.4 Å². The minimum Gasteiger partial charge on any atom is -0.361 e. The molecule has 0 radical (unpaired) electrons. The molecule has 1 N–H and O–H groups in total. The molecule has 0 saturated heterocycles. The summed E-state index contributed by atoms with van der Waals surface area (Å²) in [6.45, 7) is 7.35. The normalized spacial score (nSPS) is 10.9. The van der Waals surface area contributed by atoms with Gasteiger partial charge in [-0.1, -0.05) is 13.8 Å². The van der Waals surface area contributed by atoms with Crippen LogP contribution in [0.3, 0.4) is 0 Å². The number of fused-ring (bicyclic) bond motifs is 1. The van der Waals surface area contributed by atoms with Gasteiger partial charge in [-0.2, -0.15) is 5.26 Å². The first-order valence-corrected chi connectivity index (χ1v) is 6.01. The van der Waals surface area contributed by atoms with Crippen LogP contribution in [-0.2, 0) is 6.54 Å². The predicted molar refractivity (Wildman–Crippen MR) is 69.6 cm³/mol. The lowest BCUT2D eigenvalue weighted by Crippen LogP contribution is -2.21. The van der Waals surface area contributed by atoms with Crippen LogP contribution in [0.5, 0.6) is 0 Å². The Morgan fingerprint density at radius 2 is 2.06 bits per heavy atom. The van der Waals surface area contributed by atoms with E-state index in [1.165, 1.54) is 5.56 Å². The van der Waals surface area contributed by atoms with Crippen molar-refractivity contribution >= 4 is 10.9 Å². The number of benzene rings is 1. The van der Waals surface area contributed by atoms with Gasteiger partial charge in [-0.25, -0.2) is 0 Å². The van der Waals surface area contributed by atoms with Crippen LogP contribution in [0.1, 0.15) is 25.0 Å². The number of hydrogen-bond donors (Lipinski definition) is 1. The SMILES string of the molecule is CCN(CC)Cc1c[nH]c2ccc(C#N)cc12. The average molecular weight is 227 g/mol. The number of nitrogens with one attached hydrogen (secondary N) is 1. The quantitative estimate of drug-likeness (QED) is 0.872. The molecule has 0 aliphatic rings. The van der Waals surface area contributed by atoms with E-state index in [0.29, 0.717) is 0 Å². The number of nitriles is 1. The highest BCUT2D eigenvalue weighted by molar-refractivity contribution is 5.84. The largest absolute Gasteiger partial charge is 0.361 e. The smallest absolute Gasteiger partial charge is 0.0991 e.